The molecule has 3 heterocycles. The van der Waals surface area contributed by atoms with Gasteiger partial charge in [-0.1, -0.05) is 12.8 Å². The molecule has 0 radical (unpaired) electrons. The van der Waals surface area contributed by atoms with Gasteiger partial charge in [0.1, 0.15) is 5.41 Å². The third kappa shape index (κ3) is 4.23. The predicted octanol–water partition coefficient (Wildman–Crippen LogP) is 4.04. The molecule has 2 atom stereocenters. The molecule has 0 unspecified atom stereocenters. The van der Waals surface area contributed by atoms with Crippen molar-refractivity contribution < 1.29 is 36.0 Å². The van der Waals surface area contributed by atoms with Crippen molar-refractivity contribution in [3.63, 3.8) is 0 Å². The minimum atomic E-state index is -4.72. The Morgan fingerprint density at radius 2 is 1.91 bits per heavy atom. The van der Waals surface area contributed by atoms with Gasteiger partial charge in [-0.15, -0.1) is 10.2 Å². The molecule has 8 nitrogen and oxygen atoms in total. The van der Waals surface area contributed by atoms with Gasteiger partial charge < -0.3 is 14.6 Å². The minimum Gasteiger partial charge on any atom is -0.415 e. The Morgan fingerprint density at radius 3 is 2.56 bits per heavy atom. The lowest BCUT2D eigenvalue weighted by Gasteiger charge is -2.39. The molecule has 2 aliphatic rings. The van der Waals surface area contributed by atoms with Gasteiger partial charge in [0.05, 0.1) is 29.4 Å². The number of hydrogen-bond donors (Lipinski definition) is 1. The van der Waals surface area contributed by atoms with Gasteiger partial charge in [-0.05, 0) is 32.8 Å². The third-order valence-corrected chi connectivity index (χ3v) is 6.38. The second kappa shape index (κ2) is 8.58. The molecule has 1 N–H and O–H groups in total. The van der Waals surface area contributed by atoms with E-state index in [-0.39, 0.29) is 23.6 Å². The fourth-order valence-electron chi connectivity index (χ4n) is 4.15. The molecule has 184 valence electrons. The summed E-state index contributed by atoms with van der Waals surface area (Å²) in [6, 6.07) is 0.252. The van der Waals surface area contributed by atoms with E-state index in [9.17, 15) is 31.5 Å². The number of hydrogen-bond acceptors (Lipinski definition) is 6. The second-order valence-corrected chi connectivity index (χ2v) is 8.95. The van der Waals surface area contributed by atoms with Gasteiger partial charge in [-0.2, -0.15) is 22.0 Å². The van der Waals surface area contributed by atoms with Crippen LogP contribution < -0.4 is 5.32 Å². The van der Waals surface area contributed by atoms with Crippen LogP contribution in [-0.2, 0) is 11.3 Å². The lowest BCUT2D eigenvalue weighted by atomic mass is 9.86. The molecule has 0 spiro atoms. The number of carbonyl (C=O) groups excluding carboxylic acids is 2. The highest BCUT2D eigenvalue weighted by Crippen LogP contribution is 2.39. The third-order valence-electron chi connectivity index (χ3n) is 6.38. The van der Waals surface area contributed by atoms with Gasteiger partial charge in [-0.3, -0.25) is 14.6 Å². The van der Waals surface area contributed by atoms with Gasteiger partial charge in [0, 0.05) is 12.2 Å². The number of pyridine rings is 1. The molecule has 0 bridgehead atoms. The molecule has 1 fully saturated rings. The number of amides is 2. The van der Waals surface area contributed by atoms with Crippen molar-refractivity contribution in [2.24, 2.45) is 5.41 Å². The van der Waals surface area contributed by atoms with Crippen LogP contribution in [0.1, 0.15) is 67.9 Å². The molecule has 34 heavy (non-hydrogen) atoms. The number of halogens is 5. The van der Waals surface area contributed by atoms with Crippen LogP contribution >= 0.6 is 0 Å². The predicted molar refractivity (Wildman–Crippen MR) is 106 cm³/mol. The lowest BCUT2D eigenvalue weighted by Crippen LogP contribution is -2.57. The first-order chi connectivity index (χ1) is 15.9. The Hall–Kier alpha value is -3.12. The molecule has 1 saturated carbocycles. The highest BCUT2D eigenvalue weighted by atomic mass is 19.4. The van der Waals surface area contributed by atoms with Crippen molar-refractivity contribution in [2.45, 2.75) is 70.8 Å². The van der Waals surface area contributed by atoms with Crippen molar-refractivity contribution in [1.29, 1.82) is 0 Å². The summed E-state index contributed by atoms with van der Waals surface area (Å²) in [4.78, 5) is 31.4. The van der Waals surface area contributed by atoms with Crippen LogP contribution in [0.25, 0.3) is 11.5 Å². The summed E-state index contributed by atoms with van der Waals surface area (Å²) < 4.78 is 70.3. The van der Waals surface area contributed by atoms with Crippen LogP contribution in [0.2, 0.25) is 0 Å². The van der Waals surface area contributed by atoms with E-state index >= 15 is 0 Å². The summed E-state index contributed by atoms with van der Waals surface area (Å²) in [6.07, 6.45) is -3.95. The second-order valence-electron chi connectivity index (χ2n) is 8.95. The Kier molecular flexibility index (Phi) is 6.06. The van der Waals surface area contributed by atoms with Crippen LogP contribution in [0, 0.1) is 5.41 Å². The van der Waals surface area contributed by atoms with Crippen molar-refractivity contribution in [2.75, 3.05) is 0 Å². The summed E-state index contributed by atoms with van der Waals surface area (Å²) in [5, 5.41) is 9.32. The zero-order chi connectivity index (χ0) is 24.8. The molecular weight excluding hydrogens is 465 g/mol. The highest BCUT2D eigenvalue weighted by molar-refractivity contribution is 5.99. The van der Waals surface area contributed by atoms with Gasteiger partial charge in [0.2, 0.25) is 11.8 Å². The van der Waals surface area contributed by atoms with Crippen LogP contribution in [0.4, 0.5) is 22.0 Å². The van der Waals surface area contributed by atoms with Crippen molar-refractivity contribution >= 4 is 11.8 Å². The molecule has 2 amide bonds. The number of nitrogens with one attached hydrogen (secondary N) is 1. The van der Waals surface area contributed by atoms with Gasteiger partial charge in [0.15, 0.2) is 0 Å². The van der Waals surface area contributed by atoms with Crippen molar-refractivity contribution in [3.05, 3.63) is 29.4 Å². The molecule has 0 saturated heterocycles. The zero-order valence-corrected chi connectivity index (χ0v) is 18.3. The standard InChI is InChI=1S/C21H22F5N5O3/c1-20(2,21(24,25)26)19(33)28-12-5-3-4-6-14(12)31-9-13-11(18(31)32)7-10(8-27-13)16-29-30-17(34-16)15(22)23/h7-8,12,14-15H,3-6,9H2,1-2H3,(H,28,33)/t12-,14-/m1/s1. The summed E-state index contributed by atoms with van der Waals surface area (Å²) in [5.74, 6) is -2.63. The van der Waals surface area contributed by atoms with Crippen LogP contribution in [-0.4, -0.2) is 50.2 Å². The summed E-state index contributed by atoms with van der Waals surface area (Å²) >= 11 is 0. The number of nitrogens with zero attached hydrogens (tertiary/aromatic N) is 4. The summed E-state index contributed by atoms with van der Waals surface area (Å²) in [7, 11) is 0. The van der Waals surface area contributed by atoms with Crippen LogP contribution in [0.15, 0.2) is 16.7 Å². The number of alkyl halides is 5. The fourth-order valence-corrected chi connectivity index (χ4v) is 4.15. The quantitative estimate of drug-likeness (QED) is 0.639. The maximum absolute atomic E-state index is 13.3. The van der Waals surface area contributed by atoms with Crippen LogP contribution in [0.3, 0.4) is 0 Å². The fraction of sp³-hybridized carbons (Fsp3) is 0.571. The molecule has 4 rings (SSSR count). The summed E-state index contributed by atoms with van der Waals surface area (Å²) in [6.45, 7) is 1.75. The number of fused-ring (bicyclic) bond motifs is 1. The van der Waals surface area contributed by atoms with E-state index in [1.165, 1.54) is 17.2 Å². The van der Waals surface area contributed by atoms with E-state index in [1.807, 2.05) is 0 Å². The normalized spacial score (nSPS) is 21.2. The maximum atomic E-state index is 13.3. The minimum absolute atomic E-state index is 0.111. The Bertz CT molecular complexity index is 1100. The molecule has 0 aromatic carbocycles. The van der Waals surface area contributed by atoms with E-state index in [0.29, 0.717) is 25.0 Å². The molecular formula is C21H22F5N5O3. The molecule has 2 aromatic rings. The van der Waals surface area contributed by atoms with E-state index < -0.39 is 47.8 Å². The average Bonchev–Trinajstić information content (AvgIpc) is 3.39. The smallest absolute Gasteiger partial charge is 0.402 e. The van der Waals surface area contributed by atoms with E-state index in [2.05, 4.69) is 20.5 Å². The molecule has 2 aromatic heterocycles. The average molecular weight is 487 g/mol. The SMILES string of the molecule is CC(C)(C(=O)N[C@@H]1CCCC[C@H]1N1Cc2ncc(-c3nnc(C(F)F)o3)cc2C1=O)C(F)(F)F. The maximum Gasteiger partial charge on any atom is 0.402 e. The first-order valence-electron chi connectivity index (χ1n) is 10.7. The van der Waals surface area contributed by atoms with Gasteiger partial charge >= 0.3 is 12.6 Å². The van der Waals surface area contributed by atoms with Crippen molar-refractivity contribution in [3.8, 4) is 11.5 Å². The first-order valence-corrected chi connectivity index (χ1v) is 10.7. The van der Waals surface area contributed by atoms with E-state index in [1.54, 1.807) is 0 Å². The Balaban J connectivity index is 1.54. The first kappa shape index (κ1) is 24.0. The van der Waals surface area contributed by atoms with Gasteiger partial charge in [-0.25, -0.2) is 0 Å². The topological polar surface area (TPSA) is 101 Å². The van der Waals surface area contributed by atoms with Gasteiger partial charge in [0.25, 0.3) is 11.8 Å². The molecule has 1 aliphatic heterocycles. The number of aromatic nitrogens is 3. The number of rotatable bonds is 5. The lowest BCUT2D eigenvalue weighted by molar-refractivity contribution is -0.212. The monoisotopic (exact) mass is 487 g/mol. The Labute approximate surface area is 190 Å². The van der Waals surface area contributed by atoms with Crippen LogP contribution in [0.5, 0.6) is 0 Å². The molecule has 1 aliphatic carbocycles. The van der Waals surface area contributed by atoms with Crippen molar-refractivity contribution in [1.82, 2.24) is 25.4 Å². The largest absolute Gasteiger partial charge is 0.415 e. The zero-order valence-electron chi connectivity index (χ0n) is 18.3. The highest BCUT2D eigenvalue weighted by Gasteiger charge is 2.53. The van der Waals surface area contributed by atoms with E-state index in [0.717, 1.165) is 20.3 Å². The van der Waals surface area contributed by atoms with E-state index in [4.69, 9.17) is 4.42 Å². The molecule has 13 heteroatoms. The summed E-state index contributed by atoms with van der Waals surface area (Å²) in [5.41, 5.74) is -1.76. The number of carbonyl (C=O) groups is 2. The Morgan fingerprint density at radius 1 is 1.21 bits per heavy atom.